The van der Waals surface area contributed by atoms with E-state index in [1.807, 2.05) is 30.3 Å². The van der Waals surface area contributed by atoms with E-state index < -0.39 is 5.97 Å². The second-order valence-corrected chi connectivity index (χ2v) is 5.67. The van der Waals surface area contributed by atoms with Gasteiger partial charge < -0.3 is 15.7 Å². The van der Waals surface area contributed by atoms with Gasteiger partial charge in [0, 0.05) is 13.1 Å². The summed E-state index contributed by atoms with van der Waals surface area (Å²) in [6, 6.07) is 15.9. The van der Waals surface area contributed by atoms with Gasteiger partial charge in [-0.15, -0.1) is 0 Å². The van der Waals surface area contributed by atoms with E-state index in [-0.39, 0.29) is 17.9 Å². The van der Waals surface area contributed by atoms with Crippen LogP contribution >= 0.6 is 0 Å². The minimum Gasteiger partial charge on any atom is -0.478 e. The molecule has 138 valence electrons. The Hall–Kier alpha value is -3.75. The van der Waals surface area contributed by atoms with Gasteiger partial charge in [-0.2, -0.15) is 4.68 Å². The zero-order valence-electron chi connectivity index (χ0n) is 14.4. The standard InChI is InChI=1S/C18H18N6O3/c25-16(12-13-6-4-5-9-15(13)17(26)27)19-10-11-20-18-21-22-23-24(18)14-7-2-1-3-8-14/h1-9H,10-12H2,(H,19,25)(H,26,27)(H,20,21,23). The van der Waals surface area contributed by atoms with E-state index in [4.69, 9.17) is 5.11 Å². The second kappa shape index (κ2) is 8.56. The molecule has 1 aromatic heterocycles. The Morgan fingerprint density at radius 2 is 1.74 bits per heavy atom. The normalized spacial score (nSPS) is 10.4. The Morgan fingerprint density at radius 3 is 2.52 bits per heavy atom. The predicted octanol–water partition coefficient (Wildman–Crippen LogP) is 1.13. The van der Waals surface area contributed by atoms with Gasteiger partial charge in [0.15, 0.2) is 0 Å². The molecule has 3 aromatic rings. The number of anilines is 1. The Bertz CT molecular complexity index is 926. The van der Waals surface area contributed by atoms with Crippen LogP contribution in [0.1, 0.15) is 15.9 Å². The molecule has 3 rings (SSSR count). The first-order valence-corrected chi connectivity index (χ1v) is 8.30. The molecule has 1 heterocycles. The molecule has 0 unspecified atom stereocenters. The zero-order valence-corrected chi connectivity index (χ0v) is 14.4. The predicted molar refractivity (Wildman–Crippen MR) is 97.8 cm³/mol. The highest BCUT2D eigenvalue weighted by molar-refractivity contribution is 5.91. The molecule has 9 nitrogen and oxygen atoms in total. The van der Waals surface area contributed by atoms with Crippen molar-refractivity contribution in [3.63, 3.8) is 0 Å². The lowest BCUT2D eigenvalue weighted by Crippen LogP contribution is -2.30. The van der Waals surface area contributed by atoms with Crippen molar-refractivity contribution >= 4 is 17.8 Å². The van der Waals surface area contributed by atoms with Crippen LogP contribution in [0.5, 0.6) is 0 Å². The monoisotopic (exact) mass is 366 g/mol. The lowest BCUT2D eigenvalue weighted by atomic mass is 10.0. The number of carboxylic acids is 1. The summed E-state index contributed by atoms with van der Waals surface area (Å²) < 4.78 is 1.56. The van der Waals surface area contributed by atoms with Gasteiger partial charge in [-0.05, 0) is 34.2 Å². The van der Waals surface area contributed by atoms with E-state index in [1.54, 1.807) is 22.9 Å². The van der Waals surface area contributed by atoms with Crippen LogP contribution in [0.2, 0.25) is 0 Å². The fourth-order valence-corrected chi connectivity index (χ4v) is 2.54. The Morgan fingerprint density at radius 1 is 1.00 bits per heavy atom. The van der Waals surface area contributed by atoms with E-state index in [1.165, 1.54) is 6.07 Å². The molecule has 0 aliphatic rings. The number of hydrogen-bond donors (Lipinski definition) is 3. The van der Waals surface area contributed by atoms with Crippen molar-refractivity contribution < 1.29 is 14.7 Å². The topological polar surface area (TPSA) is 122 Å². The number of aromatic carboxylic acids is 1. The summed E-state index contributed by atoms with van der Waals surface area (Å²) in [5.41, 5.74) is 1.43. The maximum Gasteiger partial charge on any atom is 0.335 e. The zero-order chi connectivity index (χ0) is 19.1. The molecule has 0 bridgehead atoms. The number of carbonyl (C=O) groups is 2. The van der Waals surface area contributed by atoms with Crippen molar-refractivity contribution in [1.29, 1.82) is 0 Å². The summed E-state index contributed by atoms with van der Waals surface area (Å²) in [5, 5.41) is 26.5. The molecule has 0 saturated heterocycles. The van der Waals surface area contributed by atoms with E-state index in [0.717, 1.165) is 5.69 Å². The number of carbonyl (C=O) groups excluding carboxylic acids is 1. The minimum absolute atomic E-state index is 0.00419. The van der Waals surface area contributed by atoms with E-state index in [0.29, 0.717) is 24.6 Å². The maximum atomic E-state index is 12.1. The highest BCUT2D eigenvalue weighted by atomic mass is 16.4. The van der Waals surface area contributed by atoms with Crippen molar-refractivity contribution in [2.45, 2.75) is 6.42 Å². The van der Waals surface area contributed by atoms with Crippen LogP contribution in [0.4, 0.5) is 5.95 Å². The first-order chi connectivity index (χ1) is 13.1. The summed E-state index contributed by atoms with van der Waals surface area (Å²) in [5.74, 6) is -0.840. The van der Waals surface area contributed by atoms with Crippen LogP contribution in [-0.2, 0) is 11.2 Å². The fourth-order valence-electron chi connectivity index (χ4n) is 2.54. The van der Waals surface area contributed by atoms with Gasteiger partial charge in [-0.3, -0.25) is 4.79 Å². The molecular formula is C18H18N6O3. The molecule has 0 radical (unpaired) electrons. The lowest BCUT2D eigenvalue weighted by molar-refractivity contribution is -0.120. The van der Waals surface area contributed by atoms with E-state index in [9.17, 15) is 9.59 Å². The van der Waals surface area contributed by atoms with Gasteiger partial charge in [0.1, 0.15) is 0 Å². The van der Waals surface area contributed by atoms with Crippen molar-refractivity contribution in [2.75, 3.05) is 18.4 Å². The van der Waals surface area contributed by atoms with Gasteiger partial charge in [0.05, 0.1) is 17.7 Å². The van der Waals surface area contributed by atoms with Gasteiger partial charge in [-0.25, -0.2) is 4.79 Å². The number of rotatable bonds is 8. The number of aromatic nitrogens is 4. The maximum absolute atomic E-state index is 12.1. The number of amides is 1. The molecule has 1 amide bonds. The Kier molecular flexibility index (Phi) is 5.73. The molecule has 0 aliphatic carbocycles. The molecule has 0 saturated carbocycles. The minimum atomic E-state index is -1.05. The first-order valence-electron chi connectivity index (χ1n) is 8.30. The smallest absolute Gasteiger partial charge is 0.335 e. The molecule has 0 atom stereocenters. The number of para-hydroxylation sites is 1. The quantitative estimate of drug-likeness (QED) is 0.511. The molecule has 9 heteroatoms. The average Bonchev–Trinajstić information content (AvgIpc) is 3.15. The molecule has 3 N–H and O–H groups in total. The molecule has 0 fully saturated rings. The number of tetrazole rings is 1. The van der Waals surface area contributed by atoms with Crippen LogP contribution in [0.3, 0.4) is 0 Å². The Labute approximate surface area is 155 Å². The van der Waals surface area contributed by atoms with Gasteiger partial charge in [0.2, 0.25) is 11.9 Å². The number of hydrogen-bond acceptors (Lipinski definition) is 6. The molecule has 27 heavy (non-hydrogen) atoms. The van der Waals surface area contributed by atoms with Crippen LogP contribution in [0.25, 0.3) is 5.69 Å². The lowest BCUT2D eigenvalue weighted by Gasteiger charge is -2.09. The molecule has 0 aliphatic heterocycles. The number of benzene rings is 2. The fraction of sp³-hybridized carbons (Fsp3) is 0.167. The van der Waals surface area contributed by atoms with Crippen LogP contribution in [0.15, 0.2) is 54.6 Å². The van der Waals surface area contributed by atoms with Crippen molar-refractivity contribution in [3.05, 3.63) is 65.7 Å². The highest BCUT2D eigenvalue weighted by Crippen LogP contribution is 2.10. The summed E-state index contributed by atoms with van der Waals surface area (Å²) in [7, 11) is 0. The number of carboxylic acid groups (broad SMARTS) is 1. The van der Waals surface area contributed by atoms with Gasteiger partial charge in [-0.1, -0.05) is 41.5 Å². The van der Waals surface area contributed by atoms with Crippen molar-refractivity contribution in [3.8, 4) is 5.69 Å². The van der Waals surface area contributed by atoms with Crippen LogP contribution < -0.4 is 10.6 Å². The van der Waals surface area contributed by atoms with E-state index in [2.05, 4.69) is 26.2 Å². The summed E-state index contributed by atoms with van der Waals surface area (Å²) >= 11 is 0. The summed E-state index contributed by atoms with van der Waals surface area (Å²) in [4.78, 5) is 23.2. The average molecular weight is 366 g/mol. The third-order valence-electron chi connectivity index (χ3n) is 3.80. The molecule has 0 spiro atoms. The summed E-state index contributed by atoms with van der Waals surface area (Å²) in [6.45, 7) is 0.759. The highest BCUT2D eigenvalue weighted by Gasteiger charge is 2.12. The second-order valence-electron chi connectivity index (χ2n) is 5.67. The summed E-state index contributed by atoms with van der Waals surface area (Å²) in [6.07, 6.45) is 0.00419. The number of nitrogens with one attached hydrogen (secondary N) is 2. The molecular weight excluding hydrogens is 348 g/mol. The van der Waals surface area contributed by atoms with Crippen LogP contribution in [0, 0.1) is 0 Å². The SMILES string of the molecule is O=C(Cc1ccccc1C(=O)O)NCCNc1nnnn1-c1ccccc1. The van der Waals surface area contributed by atoms with Crippen LogP contribution in [-0.4, -0.2) is 50.3 Å². The van der Waals surface area contributed by atoms with Gasteiger partial charge in [0.25, 0.3) is 0 Å². The third kappa shape index (κ3) is 4.66. The Balaban J connectivity index is 1.50. The first kappa shape index (κ1) is 18.1. The van der Waals surface area contributed by atoms with Gasteiger partial charge >= 0.3 is 5.97 Å². The largest absolute Gasteiger partial charge is 0.478 e. The third-order valence-corrected chi connectivity index (χ3v) is 3.80. The van der Waals surface area contributed by atoms with Crippen molar-refractivity contribution in [1.82, 2.24) is 25.5 Å². The van der Waals surface area contributed by atoms with E-state index >= 15 is 0 Å². The number of nitrogens with zero attached hydrogens (tertiary/aromatic N) is 4. The molecule has 2 aromatic carbocycles. The van der Waals surface area contributed by atoms with Crippen molar-refractivity contribution in [2.24, 2.45) is 0 Å².